The molecule has 2 heterocycles. The van der Waals surface area contributed by atoms with Crippen LogP contribution in [0.3, 0.4) is 0 Å². The molecule has 1 amide bonds. The Kier molecular flexibility index (Phi) is 4.12. The molecular weight excluding hydrogens is 274 g/mol. The minimum atomic E-state index is -0.670. The molecule has 21 heavy (non-hydrogen) atoms. The van der Waals surface area contributed by atoms with Crippen molar-refractivity contribution >= 4 is 11.7 Å². The summed E-state index contributed by atoms with van der Waals surface area (Å²) in [4.78, 5) is 37.4. The van der Waals surface area contributed by atoms with Gasteiger partial charge in [-0.05, 0) is 12.8 Å². The van der Waals surface area contributed by atoms with Crippen LogP contribution in [0, 0.1) is 11.3 Å². The van der Waals surface area contributed by atoms with Crippen molar-refractivity contribution in [1.29, 1.82) is 5.26 Å². The number of nitrogens with one attached hydrogen (secondary N) is 1. The number of nitrogens with zero attached hydrogens (tertiary/aromatic N) is 4. The number of hydrogen-bond donors (Lipinski definition) is 1. The number of anilines is 1. The molecule has 0 radical (unpaired) electrons. The summed E-state index contributed by atoms with van der Waals surface area (Å²) in [5.41, 5.74) is -1.39. The SMILES string of the molecule is Cn1c(NCC(=O)N2CCCC2)c(C#N)c(=O)n(C)c1=O. The van der Waals surface area contributed by atoms with Gasteiger partial charge in [-0.1, -0.05) is 0 Å². The van der Waals surface area contributed by atoms with Crippen LogP contribution in [0.2, 0.25) is 0 Å². The van der Waals surface area contributed by atoms with Gasteiger partial charge in [-0.2, -0.15) is 5.26 Å². The second-order valence-electron chi connectivity index (χ2n) is 4.98. The van der Waals surface area contributed by atoms with Crippen LogP contribution in [-0.4, -0.2) is 39.6 Å². The van der Waals surface area contributed by atoms with E-state index >= 15 is 0 Å². The summed E-state index contributed by atoms with van der Waals surface area (Å²) in [5.74, 6) is -0.0253. The van der Waals surface area contributed by atoms with Gasteiger partial charge in [0.1, 0.15) is 11.9 Å². The molecule has 0 bridgehead atoms. The van der Waals surface area contributed by atoms with Crippen LogP contribution in [-0.2, 0) is 18.9 Å². The Bertz CT molecular complexity index is 719. The summed E-state index contributed by atoms with van der Waals surface area (Å²) < 4.78 is 2.03. The third-order valence-corrected chi connectivity index (χ3v) is 3.64. The molecule has 0 aliphatic carbocycles. The summed E-state index contributed by atoms with van der Waals surface area (Å²) in [6.45, 7) is 1.40. The van der Waals surface area contributed by atoms with E-state index in [0.29, 0.717) is 0 Å². The van der Waals surface area contributed by atoms with Crippen molar-refractivity contribution in [3.8, 4) is 6.07 Å². The maximum absolute atomic E-state index is 12.0. The molecule has 1 saturated heterocycles. The molecule has 1 aliphatic rings. The lowest BCUT2D eigenvalue weighted by Gasteiger charge is -2.17. The molecule has 8 heteroatoms. The van der Waals surface area contributed by atoms with Crippen molar-refractivity contribution in [3.63, 3.8) is 0 Å². The highest BCUT2D eigenvalue weighted by atomic mass is 16.2. The number of rotatable bonds is 3. The van der Waals surface area contributed by atoms with E-state index in [2.05, 4.69) is 5.32 Å². The second kappa shape index (κ2) is 5.83. The van der Waals surface area contributed by atoms with Crippen molar-refractivity contribution in [2.75, 3.05) is 25.0 Å². The zero-order valence-corrected chi connectivity index (χ0v) is 12.0. The molecule has 112 valence electrons. The summed E-state index contributed by atoms with van der Waals surface area (Å²) >= 11 is 0. The average molecular weight is 291 g/mol. The van der Waals surface area contributed by atoms with E-state index in [0.717, 1.165) is 35.1 Å². The summed E-state index contributed by atoms with van der Waals surface area (Å²) in [6.07, 6.45) is 1.97. The van der Waals surface area contributed by atoms with Gasteiger partial charge >= 0.3 is 5.69 Å². The lowest BCUT2D eigenvalue weighted by Crippen LogP contribution is -2.41. The summed E-state index contributed by atoms with van der Waals surface area (Å²) in [5, 5.41) is 11.9. The van der Waals surface area contributed by atoms with Crippen LogP contribution < -0.4 is 16.6 Å². The predicted octanol–water partition coefficient (Wildman–Crippen LogP) is -1.01. The fourth-order valence-corrected chi connectivity index (χ4v) is 2.39. The number of likely N-dealkylation sites (tertiary alicyclic amines) is 1. The Morgan fingerprint density at radius 1 is 1.24 bits per heavy atom. The first-order valence-electron chi connectivity index (χ1n) is 6.69. The maximum Gasteiger partial charge on any atom is 0.332 e. The predicted molar refractivity (Wildman–Crippen MR) is 75.9 cm³/mol. The summed E-state index contributed by atoms with van der Waals surface area (Å²) in [6, 6.07) is 1.79. The van der Waals surface area contributed by atoms with Crippen LogP contribution in [0.5, 0.6) is 0 Å². The van der Waals surface area contributed by atoms with Gasteiger partial charge in [-0.25, -0.2) is 4.79 Å². The van der Waals surface area contributed by atoms with Gasteiger partial charge in [0.25, 0.3) is 5.56 Å². The molecule has 1 N–H and O–H groups in total. The number of carbonyl (C=O) groups is 1. The number of hydrogen-bond acceptors (Lipinski definition) is 5. The van der Waals surface area contributed by atoms with Crippen molar-refractivity contribution in [2.45, 2.75) is 12.8 Å². The molecule has 8 nitrogen and oxygen atoms in total. The molecule has 1 aliphatic heterocycles. The third-order valence-electron chi connectivity index (χ3n) is 3.64. The zero-order valence-electron chi connectivity index (χ0n) is 12.0. The van der Waals surface area contributed by atoms with Gasteiger partial charge in [-0.15, -0.1) is 0 Å². The Balaban J connectivity index is 2.28. The van der Waals surface area contributed by atoms with Gasteiger partial charge in [0, 0.05) is 27.2 Å². The Morgan fingerprint density at radius 3 is 2.43 bits per heavy atom. The van der Waals surface area contributed by atoms with E-state index in [1.165, 1.54) is 14.1 Å². The smallest absolute Gasteiger partial charge is 0.332 e. The maximum atomic E-state index is 12.0. The van der Waals surface area contributed by atoms with Gasteiger partial charge < -0.3 is 10.2 Å². The van der Waals surface area contributed by atoms with E-state index < -0.39 is 11.2 Å². The van der Waals surface area contributed by atoms with Crippen LogP contribution in [0.4, 0.5) is 5.82 Å². The fraction of sp³-hybridized carbons (Fsp3) is 0.538. The van der Waals surface area contributed by atoms with Crippen molar-refractivity contribution in [3.05, 3.63) is 26.4 Å². The molecule has 0 saturated carbocycles. The van der Waals surface area contributed by atoms with Crippen molar-refractivity contribution < 1.29 is 4.79 Å². The highest BCUT2D eigenvalue weighted by Crippen LogP contribution is 2.10. The fourth-order valence-electron chi connectivity index (χ4n) is 2.39. The van der Waals surface area contributed by atoms with E-state index in [9.17, 15) is 14.4 Å². The molecule has 1 aromatic heterocycles. The van der Waals surface area contributed by atoms with Crippen molar-refractivity contribution in [2.24, 2.45) is 14.1 Å². The number of nitriles is 1. The third kappa shape index (κ3) is 2.67. The minimum Gasteiger partial charge on any atom is -0.361 e. The van der Waals surface area contributed by atoms with Crippen LogP contribution >= 0.6 is 0 Å². The first-order chi connectivity index (χ1) is 9.97. The van der Waals surface area contributed by atoms with E-state index in [-0.39, 0.29) is 23.8 Å². The zero-order chi connectivity index (χ0) is 15.6. The van der Waals surface area contributed by atoms with Gasteiger partial charge in [0.15, 0.2) is 5.56 Å². The van der Waals surface area contributed by atoms with Crippen LogP contribution in [0.25, 0.3) is 0 Å². The lowest BCUT2D eigenvalue weighted by molar-refractivity contribution is -0.128. The molecule has 0 aromatic carbocycles. The minimum absolute atomic E-state index is 0.0465. The molecule has 0 spiro atoms. The number of carbonyl (C=O) groups excluding carboxylic acids is 1. The molecule has 0 unspecified atom stereocenters. The monoisotopic (exact) mass is 291 g/mol. The Hall–Kier alpha value is -2.56. The molecule has 2 rings (SSSR count). The molecule has 1 aromatic rings. The van der Waals surface area contributed by atoms with Gasteiger partial charge in [-0.3, -0.25) is 18.7 Å². The molecule has 0 atom stereocenters. The van der Waals surface area contributed by atoms with E-state index in [4.69, 9.17) is 5.26 Å². The van der Waals surface area contributed by atoms with Crippen molar-refractivity contribution in [1.82, 2.24) is 14.0 Å². The van der Waals surface area contributed by atoms with Gasteiger partial charge in [0.05, 0.1) is 6.54 Å². The normalized spacial score (nSPS) is 14.0. The quantitative estimate of drug-likeness (QED) is 0.769. The van der Waals surface area contributed by atoms with Crippen LogP contribution in [0.15, 0.2) is 9.59 Å². The molecular formula is C13H17N5O3. The number of amides is 1. The highest BCUT2D eigenvalue weighted by Gasteiger charge is 2.20. The topological polar surface area (TPSA) is 100 Å². The highest BCUT2D eigenvalue weighted by molar-refractivity contribution is 5.81. The largest absolute Gasteiger partial charge is 0.361 e. The second-order valence-corrected chi connectivity index (χ2v) is 4.98. The van der Waals surface area contributed by atoms with Crippen LogP contribution in [0.1, 0.15) is 18.4 Å². The van der Waals surface area contributed by atoms with E-state index in [1.807, 2.05) is 0 Å². The Morgan fingerprint density at radius 2 is 1.86 bits per heavy atom. The van der Waals surface area contributed by atoms with E-state index in [1.54, 1.807) is 11.0 Å². The Labute approximate surface area is 121 Å². The first-order valence-corrected chi connectivity index (χ1v) is 6.69. The molecule has 1 fully saturated rings. The lowest BCUT2D eigenvalue weighted by atomic mass is 10.3. The number of aromatic nitrogens is 2. The summed E-state index contributed by atoms with van der Waals surface area (Å²) in [7, 11) is 2.76. The first kappa shape index (κ1) is 14.8. The van der Waals surface area contributed by atoms with Gasteiger partial charge in [0.2, 0.25) is 5.91 Å². The average Bonchev–Trinajstić information content (AvgIpc) is 3.01. The standard InChI is InChI=1S/C13H17N5O3/c1-16-11(9(7-14)12(20)17(2)13(16)21)15-8-10(19)18-5-3-4-6-18/h15H,3-6,8H2,1-2H3.